The summed E-state index contributed by atoms with van der Waals surface area (Å²) in [6.07, 6.45) is -0.689. The number of aliphatic carboxylic acids is 2. The highest BCUT2D eigenvalue weighted by atomic mass is 16.4. The first-order chi connectivity index (χ1) is 32.1. The molecule has 10 amide bonds. The van der Waals surface area contributed by atoms with Crippen LogP contribution in [0.4, 0.5) is 0 Å². The molecule has 1 aliphatic rings. The third-order valence-corrected chi connectivity index (χ3v) is 11.0. The summed E-state index contributed by atoms with van der Waals surface area (Å²) in [6, 6.07) is -12.0. The van der Waals surface area contributed by atoms with Crippen LogP contribution in [-0.2, 0) is 57.5 Å². The number of carboxylic acids is 2. The van der Waals surface area contributed by atoms with Crippen LogP contribution < -0.4 is 60.2 Å². The van der Waals surface area contributed by atoms with E-state index in [9.17, 15) is 62.6 Å². The van der Waals surface area contributed by atoms with E-state index in [0.29, 0.717) is 19.3 Å². The summed E-state index contributed by atoms with van der Waals surface area (Å²) in [5.74, 6) is -12.5. The lowest BCUT2D eigenvalue weighted by molar-refractivity contribution is -0.143. The Kier molecular flexibility index (Phi) is 25.9. The first-order valence-electron chi connectivity index (χ1n) is 23.0. The fourth-order valence-electron chi connectivity index (χ4n) is 7.25. The first kappa shape index (κ1) is 60.6. The monoisotopic (exact) mass is 983 g/mol. The van der Waals surface area contributed by atoms with Gasteiger partial charge >= 0.3 is 11.9 Å². The zero-order chi connectivity index (χ0) is 52.9. The molecule has 0 bridgehead atoms. The smallest absolute Gasteiger partial charge is 0.326 e. The van der Waals surface area contributed by atoms with Crippen molar-refractivity contribution in [3.63, 3.8) is 0 Å². The van der Waals surface area contributed by atoms with Crippen molar-refractivity contribution in [1.29, 1.82) is 0 Å². The Morgan fingerprint density at radius 1 is 0.594 bits per heavy atom. The van der Waals surface area contributed by atoms with E-state index in [1.54, 1.807) is 41.5 Å². The molecule has 390 valence electrons. The molecule has 0 aromatic rings. The molecule has 1 rings (SSSR count). The third kappa shape index (κ3) is 21.2. The molecule has 0 unspecified atom stereocenters. The molecular weight excluding hydrogens is 909 g/mol. The highest BCUT2D eigenvalue weighted by molar-refractivity contribution is 5.99. The van der Waals surface area contributed by atoms with Gasteiger partial charge in [-0.1, -0.05) is 41.5 Å². The quantitative estimate of drug-likeness (QED) is 0.0294. The standard InChI is InChI=1S/C43H74N12O14/c1-20(2)17-27(52-38(63)28(19-31(47)57)51-36(61)24(45)18-30(46)56)37(62)49-25(11-8-9-15-44)42(67)55-16-10-12-29(55)39(64)53-34(22(5)6)41(66)54-33(21(3)4)40(65)48-23(7)35(60)50-26(43(68)69)13-14-32(58)59/h20-29,33-34H,8-19,44-45H2,1-7H3,(H2,46,56)(H2,47,57)(H,48,65)(H,49,62)(H,50,60)(H,51,61)(H,52,63)(H,53,64)(H,54,66)(H,58,59)(H,68,69)/t23-,24-,25-,26-,27-,28-,29-,33-,34-/m0/s1. The van der Waals surface area contributed by atoms with Gasteiger partial charge in [-0.3, -0.25) is 52.7 Å². The minimum atomic E-state index is -1.60. The van der Waals surface area contributed by atoms with E-state index in [-0.39, 0.29) is 38.3 Å². The predicted molar refractivity (Wildman–Crippen MR) is 246 cm³/mol. The Bertz CT molecular complexity index is 1860. The van der Waals surface area contributed by atoms with Gasteiger partial charge in [-0.05, 0) is 76.2 Å². The summed E-state index contributed by atoms with van der Waals surface area (Å²) in [7, 11) is 0. The Balaban J connectivity index is 3.29. The zero-order valence-corrected chi connectivity index (χ0v) is 40.5. The van der Waals surface area contributed by atoms with Crippen molar-refractivity contribution in [3.8, 4) is 0 Å². The van der Waals surface area contributed by atoms with Gasteiger partial charge in [0, 0.05) is 13.0 Å². The molecule has 1 fully saturated rings. The van der Waals surface area contributed by atoms with Crippen molar-refractivity contribution in [2.24, 2.45) is 40.7 Å². The lowest BCUT2D eigenvalue weighted by Gasteiger charge is -2.32. The van der Waals surface area contributed by atoms with E-state index in [0.717, 1.165) is 0 Å². The molecule has 0 saturated carbocycles. The number of carbonyl (C=O) groups is 12. The average molecular weight is 983 g/mol. The van der Waals surface area contributed by atoms with Gasteiger partial charge in [0.05, 0.1) is 18.9 Å². The highest BCUT2D eigenvalue weighted by Crippen LogP contribution is 2.21. The molecule has 69 heavy (non-hydrogen) atoms. The van der Waals surface area contributed by atoms with Crippen molar-refractivity contribution in [3.05, 3.63) is 0 Å². The van der Waals surface area contributed by atoms with Crippen molar-refractivity contribution in [2.75, 3.05) is 13.1 Å². The maximum Gasteiger partial charge on any atom is 0.326 e. The Hall–Kier alpha value is -6.44. The number of hydrogen-bond acceptors (Lipinski definition) is 14. The molecule has 0 aliphatic carbocycles. The Labute approximate surface area is 401 Å². The van der Waals surface area contributed by atoms with Gasteiger partial charge in [-0.25, -0.2) is 4.79 Å². The summed E-state index contributed by atoms with van der Waals surface area (Å²) in [6.45, 7) is 11.7. The van der Waals surface area contributed by atoms with Crippen LogP contribution in [-0.4, -0.2) is 154 Å². The molecule has 0 aromatic heterocycles. The van der Waals surface area contributed by atoms with Gasteiger partial charge in [0.15, 0.2) is 0 Å². The molecule has 1 heterocycles. The number of unbranched alkanes of at least 4 members (excludes halogenated alkanes) is 1. The Morgan fingerprint density at radius 2 is 1.12 bits per heavy atom. The minimum absolute atomic E-state index is 0.0319. The van der Waals surface area contributed by atoms with Crippen LogP contribution in [0.1, 0.15) is 113 Å². The van der Waals surface area contributed by atoms with E-state index < -0.39 is 163 Å². The number of nitrogens with one attached hydrogen (secondary N) is 7. The van der Waals surface area contributed by atoms with Crippen molar-refractivity contribution in [1.82, 2.24) is 42.1 Å². The number of carboxylic acid groups (broad SMARTS) is 2. The molecule has 0 radical (unpaired) electrons. The topological polar surface area (TPSA) is 437 Å². The summed E-state index contributed by atoms with van der Waals surface area (Å²) >= 11 is 0. The number of amides is 10. The van der Waals surface area contributed by atoms with E-state index in [1.807, 2.05) is 0 Å². The van der Waals surface area contributed by atoms with E-state index >= 15 is 0 Å². The van der Waals surface area contributed by atoms with Crippen LogP contribution in [0.2, 0.25) is 0 Å². The average Bonchev–Trinajstić information content (AvgIpc) is 3.74. The predicted octanol–water partition coefficient (Wildman–Crippen LogP) is -4.09. The van der Waals surface area contributed by atoms with Crippen LogP contribution in [0.5, 0.6) is 0 Å². The molecular formula is C43H74N12O14. The third-order valence-electron chi connectivity index (χ3n) is 11.0. The van der Waals surface area contributed by atoms with Crippen molar-refractivity contribution >= 4 is 71.0 Å². The second kappa shape index (κ2) is 29.4. The maximum atomic E-state index is 14.3. The second-order valence-corrected chi connectivity index (χ2v) is 18.3. The number of nitrogens with two attached hydrogens (primary N) is 4. The lowest BCUT2D eigenvalue weighted by atomic mass is 9.99. The molecule has 26 heteroatoms. The van der Waals surface area contributed by atoms with Crippen LogP contribution in [0, 0.1) is 17.8 Å². The maximum absolute atomic E-state index is 14.3. The molecule has 0 spiro atoms. The van der Waals surface area contributed by atoms with E-state index in [2.05, 4.69) is 37.2 Å². The van der Waals surface area contributed by atoms with E-state index in [1.165, 1.54) is 11.8 Å². The SMILES string of the molecule is CC(C)C[C@H](NC(=O)[C@H](CC(N)=O)NC(=O)[C@@H](N)CC(N)=O)C(=O)N[C@@H](CCCCN)C(=O)N1CCC[C@H]1C(=O)N[C@H](C(=O)N[C@H](C(=O)N[C@@H](C)C(=O)N[C@@H](CCC(=O)O)C(=O)O)C(C)C)C(C)C. The van der Waals surface area contributed by atoms with Crippen LogP contribution in [0.15, 0.2) is 0 Å². The van der Waals surface area contributed by atoms with Gasteiger partial charge < -0.3 is 75.3 Å². The van der Waals surface area contributed by atoms with Crippen molar-refractivity contribution in [2.45, 2.75) is 167 Å². The van der Waals surface area contributed by atoms with Crippen molar-refractivity contribution < 1.29 is 67.7 Å². The summed E-state index contributed by atoms with van der Waals surface area (Å²) in [5.41, 5.74) is 21.9. The fourth-order valence-corrected chi connectivity index (χ4v) is 7.25. The molecule has 17 N–H and O–H groups in total. The normalized spacial score (nSPS) is 16.9. The second-order valence-electron chi connectivity index (χ2n) is 18.3. The summed E-state index contributed by atoms with van der Waals surface area (Å²) in [5, 5.41) is 35.7. The Morgan fingerprint density at radius 3 is 1.64 bits per heavy atom. The van der Waals surface area contributed by atoms with Gasteiger partial charge in [0.1, 0.15) is 48.3 Å². The molecule has 9 atom stereocenters. The van der Waals surface area contributed by atoms with Gasteiger partial charge in [-0.15, -0.1) is 0 Å². The molecule has 1 aliphatic heterocycles. The van der Waals surface area contributed by atoms with Gasteiger partial charge in [0.2, 0.25) is 59.1 Å². The number of nitrogens with zero attached hydrogens (tertiary/aromatic N) is 1. The van der Waals surface area contributed by atoms with Crippen LogP contribution >= 0.6 is 0 Å². The molecule has 26 nitrogen and oxygen atoms in total. The number of likely N-dealkylation sites (tertiary alicyclic amines) is 1. The van der Waals surface area contributed by atoms with Gasteiger partial charge in [0.25, 0.3) is 0 Å². The summed E-state index contributed by atoms with van der Waals surface area (Å²) in [4.78, 5) is 155. The molecule has 0 aromatic carbocycles. The largest absolute Gasteiger partial charge is 0.481 e. The fraction of sp³-hybridized carbons (Fsp3) is 0.721. The lowest BCUT2D eigenvalue weighted by Crippen LogP contribution is -2.61. The minimum Gasteiger partial charge on any atom is -0.481 e. The molecule has 1 saturated heterocycles. The van der Waals surface area contributed by atoms with E-state index in [4.69, 9.17) is 28.0 Å². The van der Waals surface area contributed by atoms with Crippen LogP contribution in [0.25, 0.3) is 0 Å². The van der Waals surface area contributed by atoms with Crippen LogP contribution in [0.3, 0.4) is 0 Å². The number of carbonyl (C=O) groups excluding carboxylic acids is 10. The first-order valence-corrected chi connectivity index (χ1v) is 23.0. The van der Waals surface area contributed by atoms with Gasteiger partial charge in [-0.2, -0.15) is 0 Å². The number of primary amides is 2. The highest BCUT2D eigenvalue weighted by Gasteiger charge is 2.41. The summed E-state index contributed by atoms with van der Waals surface area (Å²) < 4.78 is 0. The zero-order valence-electron chi connectivity index (χ0n) is 40.5. The number of rotatable bonds is 31. The number of hydrogen-bond donors (Lipinski definition) is 13.